The molecule has 2 heterocycles. The fourth-order valence-electron chi connectivity index (χ4n) is 5.07. The van der Waals surface area contributed by atoms with Crippen molar-refractivity contribution in [3.05, 3.63) is 77.4 Å². The number of ether oxygens (including phenoxy) is 2. The maximum absolute atomic E-state index is 11.9. The monoisotopic (exact) mass is 552 g/mol. The third-order valence-corrected chi connectivity index (χ3v) is 8.99. The molecule has 0 amide bonds. The first-order chi connectivity index (χ1) is 18.7. The van der Waals surface area contributed by atoms with E-state index in [2.05, 4.69) is 10.3 Å². The van der Waals surface area contributed by atoms with E-state index in [1.54, 1.807) is 41.3 Å². The number of hydrogen-bond donors (Lipinski definition) is 3. The average molecular weight is 553 g/mol. The Hall–Kier alpha value is -3.64. The van der Waals surface area contributed by atoms with Crippen molar-refractivity contribution < 1.29 is 28.5 Å². The Kier molecular flexibility index (Phi) is 7.50. The van der Waals surface area contributed by atoms with Gasteiger partial charge < -0.3 is 14.6 Å². The predicted octanol–water partition coefficient (Wildman–Crippen LogP) is 5.28. The summed E-state index contributed by atoms with van der Waals surface area (Å²) in [4.78, 5) is 12.3. The lowest BCUT2D eigenvalue weighted by Gasteiger charge is -2.41. The van der Waals surface area contributed by atoms with Gasteiger partial charge in [-0.25, -0.2) is 4.68 Å². The van der Waals surface area contributed by atoms with Crippen molar-refractivity contribution in [2.24, 2.45) is 7.05 Å². The molecule has 39 heavy (non-hydrogen) atoms. The number of aryl methyl sites for hydroxylation is 1. The topological polar surface area (TPSA) is 130 Å². The Morgan fingerprint density at radius 3 is 2.69 bits per heavy atom. The molecule has 4 aromatic rings. The number of fused-ring (bicyclic) bond motifs is 2. The molecule has 0 saturated heterocycles. The van der Waals surface area contributed by atoms with Gasteiger partial charge >= 0.3 is 5.97 Å². The van der Waals surface area contributed by atoms with Gasteiger partial charge in [-0.15, -0.1) is 15.9 Å². The lowest BCUT2D eigenvalue weighted by Crippen LogP contribution is -2.34. The summed E-state index contributed by atoms with van der Waals surface area (Å²) >= 11 is 0. The van der Waals surface area contributed by atoms with Gasteiger partial charge in [-0.3, -0.25) is 13.9 Å². The van der Waals surface area contributed by atoms with E-state index in [0.29, 0.717) is 34.9 Å². The summed E-state index contributed by atoms with van der Waals surface area (Å²) in [6, 6.07) is 18.3. The zero-order valence-electron chi connectivity index (χ0n) is 22.0. The van der Waals surface area contributed by atoms with Gasteiger partial charge in [-0.2, -0.15) is 4.31 Å². The van der Waals surface area contributed by atoms with Crippen LogP contribution in [0.4, 0.5) is 0 Å². The molecule has 2 atom stereocenters. The number of rotatable bonds is 8. The molecule has 1 aliphatic heterocycles. The average Bonchev–Trinajstić information content (AvgIpc) is 3.26. The summed E-state index contributed by atoms with van der Waals surface area (Å²) in [6.45, 7) is 2.58. The maximum atomic E-state index is 11.9. The van der Waals surface area contributed by atoms with Gasteiger partial charge in [-0.05, 0) is 47.4 Å². The maximum Gasteiger partial charge on any atom is 0.304 e. The van der Waals surface area contributed by atoms with Crippen molar-refractivity contribution in [3.63, 3.8) is 0 Å². The summed E-state index contributed by atoms with van der Waals surface area (Å²) in [5.74, 6) is -0.385. The molecule has 0 aliphatic carbocycles. The van der Waals surface area contributed by atoms with E-state index < -0.39 is 22.7 Å². The van der Waals surface area contributed by atoms with Crippen LogP contribution in [0.3, 0.4) is 0 Å². The largest absolute Gasteiger partial charge is 0.494 e. The Morgan fingerprint density at radius 1 is 1.15 bits per heavy atom. The van der Waals surface area contributed by atoms with Crippen molar-refractivity contribution in [3.8, 4) is 11.5 Å². The van der Waals surface area contributed by atoms with E-state index >= 15 is 0 Å². The van der Waals surface area contributed by atoms with Crippen molar-refractivity contribution in [1.82, 2.24) is 19.3 Å². The highest BCUT2D eigenvalue weighted by Gasteiger charge is 2.34. The van der Waals surface area contributed by atoms with E-state index in [0.717, 1.165) is 22.2 Å². The zero-order chi connectivity index (χ0) is 27.7. The van der Waals surface area contributed by atoms with Crippen LogP contribution in [0.2, 0.25) is 0 Å². The van der Waals surface area contributed by atoms with Gasteiger partial charge in [0.05, 0.1) is 20.1 Å². The van der Waals surface area contributed by atoms with E-state index in [-0.39, 0.29) is 19.1 Å². The predicted molar refractivity (Wildman–Crippen MR) is 148 cm³/mol. The molecule has 0 fully saturated rings. The highest BCUT2D eigenvalue weighted by atomic mass is 32.3. The van der Waals surface area contributed by atoms with Crippen LogP contribution < -0.4 is 9.47 Å². The Labute approximate surface area is 228 Å². The van der Waals surface area contributed by atoms with Gasteiger partial charge in [0.25, 0.3) is 0 Å². The van der Waals surface area contributed by atoms with Crippen LogP contribution in [0.1, 0.15) is 42.4 Å². The minimum Gasteiger partial charge on any atom is -0.494 e. The zero-order valence-corrected chi connectivity index (χ0v) is 22.8. The summed E-state index contributed by atoms with van der Waals surface area (Å²) in [5, 5.41) is 18.1. The number of benzene rings is 3. The Balaban J connectivity index is 1.52. The summed E-state index contributed by atoms with van der Waals surface area (Å²) in [6.07, 6.45) is 0.346. The van der Waals surface area contributed by atoms with Crippen LogP contribution in [0.5, 0.6) is 11.5 Å². The molecule has 10 nitrogen and oxygen atoms in total. The minimum atomic E-state index is -3.32. The first-order valence-electron chi connectivity index (χ1n) is 12.7. The Morgan fingerprint density at radius 2 is 1.95 bits per heavy atom. The van der Waals surface area contributed by atoms with E-state index in [1.807, 2.05) is 49.4 Å². The minimum absolute atomic E-state index is 0.142. The molecule has 3 N–H and O–H groups in total. The molecule has 206 valence electrons. The van der Waals surface area contributed by atoms with E-state index in [9.17, 15) is 19.0 Å². The normalized spacial score (nSPS) is 18.5. The number of methoxy groups -OCH3 is 1. The number of aliphatic carboxylic acids is 1. The first kappa shape index (κ1) is 26.9. The lowest BCUT2D eigenvalue weighted by atomic mass is 9.87. The van der Waals surface area contributed by atoms with Crippen LogP contribution in [-0.2, 0) is 18.4 Å². The van der Waals surface area contributed by atoms with Crippen molar-refractivity contribution in [1.29, 1.82) is 0 Å². The smallest absolute Gasteiger partial charge is 0.304 e. The molecule has 5 rings (SSSR count). The van der Waals surface area contributed by atoms with Crippen molar-refractivity contribution >= 4 is 27.8 Å². The van der Waals surface area contributed by atoms with Crippen molar-refractivity contribution in [2.75, 3.05) is 13.7 Å². The summed E-state index contributed by atoms with van der Waals surface area (Å²) in [7, 11) is 0.0165. The van der Waals surface area contributed by atoms with E-state index in [1.165, 1.54) is 0 Å². The number of carbonyl (C=O) groups is 1. The molecule has 2 unspecified atom stereocenters. The fourth-order valence-corrected chi connectivity index (χ4v) is 6.70. The molecular weight excluding hydrogens is 520 g/mol. The number of nitrogens with zero attached hydrogens (tertiary/aromatic N) is 4. The number of hydrogen-bond acceptors (Lipinski definition) is 8. The highest BCUT2D eigenvalue weighted by Crippen LogP contribution is 2.57. The molecule has 0 bridgehead atoms. The van der Waals surface area contributed by atoms with Gasteiger partial charge in [0.1, 0.15) is 33.5 Å². The van der Waals surface area contributed by atoms with E-state index in [4.69, 9.17) is 9.47 Å². The van der Waals surface area contributed by atoms with Crippen LogP contribution in [-0.4, -0.2) is 59.2 Å². The number of carboxylic acid groups (broad SMARTS) is 1. The SMILES string of the molecule is CCC1CN(Cc2cccc(C(CC(=O)O)c3cc(OC)c4c(c3)nnn4C)c2)S(O)(O)c2ccccc2O1. The molecule has 3 aromatic carbocycles. The number of para-hydroxylation sites is 1. The quantitative estimate of drug-likeness (QED) is 0.267. The van der Waals surface area contributed by atoms with Crippen LogP contribution >= 0.6 is 10.8 Å². The third-order valence-electron chi connectivity index (χ3n) is 7.06. The fraction of sp³-hybridized carbons (Fsp3) is 0.321. The van der Waals surface area contributed by atoms with Gasteiger partial charge in [0.2, 0.25) is 0 Å². The Bertz CT molecular complexity index is 1510. The summed E-state index contributed by atoms with van der Waals surface area (Å²) in [5.41, 5.74) is 3.69. The van der Waals surface area contributed by atoms with Gasteiger partial charge in [0, 0.05) is 19.5 Å². The second-order valence-electron chi connectivity index (χ2n) is 9.64. The second kappa shape index (κ2) is 10.9. The molecule has 1 aliphatic rings. The lowest BCUT2D eigenvalue weighted by molar-refractivity contribution is -0.137. The molecule has 0 saturated carbocycles. The molecule has 0 radical (unpaired) electrons. The molecule has 0 spiro atoms. The second-order valence-corrected chi connectivity index (χ2v) is 11.6. The number of carboxylic acids is 1. The van der Waals surface area contributed by atoms with Gasteiger partial charge in [0.15, 0.2) is 0 Å². The summed E-state index contributed by atoms with van der Waals surface area (Å²) < 4.78 is 37.7. The van der Waals surface area contributed by atoms with Crippen LogP contribution in [0, 0.1) is 0 Å². The number of aromatic nitrogens is 3. The highest BCUT2D eigenvalue weighted by molar-refractivity contribution is 8.22. The standard InChI is InChI=1S/C28H32N4O6S/c1-4-21-17-32(39(35,36)26-11-6-5-10-24(26)38-21)16-18-8-7-9-19(12-18)22(15-27(33)34)20-13-23-28(25(14-20)37-3)31(2)30-29-23/h5-14,21-22,35-36H,4,15-17H2,1-3H3,(H,33,34). The van der Waals surface area contributed by atoms with Crippen LogP contribution in [0.15, 0.2) is 65.6 Å². The van der Waals surface area contributed by atoms with Gasteiger partial charge in [-0.1, -0.05) is 48.5 Å². The van der Waals surface area contributed by atoms with Crippen molar-refractivity contribution in [2.45, 2.75) is 43.2 Å². The van der Waals surface area contributed by atoms with Crippen LogP contribution in [0.25, 0.3) is 11.0 Å². The molecule has 11 heteroatoms. The third kappa shape index (κ3) is 5.30. The molecular formula is C28H32N4O6S. The first-order valence-corrected chi connectivity index (χ1v) is 14.2. The molecule has 1 aromatic heterocycles.